The van der Waals surface area contributed by atoms with Gasteiger partial charge in [-0.15, -0.1) is 5.54 Å². The maximum atomic E-state index is 4.26. The van der Waals surface area contributed by atoms with Crippen LogP contribution in [0.15, 0.2) is 0 Å². The molecular formula is C8H14NSm-. The van der Waals surface area contributed by atoms with Crippen molar-refractivity contribution < 1.29 is 40.4 Å². The van der Waals surface area contributed by atoms with Crippen LogP contribution in [0.3, 0.4) is 0 Å². The molecule has 2 aliphatic rings. The Balaban J connectivity index is 0.000000500. The van der Waals surface area contributed by atoms with Gasteiger partial charge in [-0.2, -0.15) is 0 Å². The molecule has 0 aromatic rings. The predicted octanol–water partition coefficient (Wildman–Crippen LogP) is 1.45. The fourth-order valence-corrected chi connectivity index (χ4v) is 2.23. The molecular weight excluding hydrogens is 260 g/mol. The minimum absolute atomic E-state index is 0. The van der Waals surface area contributed by atoms with Crippen molar-refractivity contribution in [2.24, 2.45) is 0 Å². The Labute approximate surface area is 95.6 Å². The monoisotopic (exact) mass is 276 g/mol. The topological polar surface area (TPSA) is 3.24 Å². The first-order valence-electron chi connectivity index (χ1n) is 3.92. The van der Waals surface area contributed by atoms with Crippen LogP contribution in [0, 0.1) is 47.3 Å². The van der Waals surface area contributed by atoms with Crippen molar-refractivity contribution in [3.8, 4) is 0 Å². The quantitative estimate of drug-likeness (QED) is 0.605. The Morgan fingerprint density at radius 3 is 2.00 bits per heavy atom. The smallest absolute Gasteiger partial charge is 0 e. The zero-order valence-electron chi connectivity index (χ0n) is 6.31. The predicted molar refractivity (Wildman–Crippen MR) is 38.1 cm³/mol. The second-order valence-corrected chi connectivity index (χ2v) is 3.42. The normalized spacial score (nSPS) is 29.7. The van der Waals surface area contributed by atoms with E-state index < -0.39 is 0 Å². The van der Waals surface area contributed by atoms with Crippen molar-refractivity contribution in [2.75, 3.05) is 13.1 Å². The van der Waals surface area contributed by atoms with Crippen LogP contribution in [0.5, 0.6) is 0 Å². The van der Waals surface area contributed by atoms with E-state index in [4.69, 9.17) is 0 Å². The largest absolute Gasteiger partial charge is 0.327 e. The molecule has 0 aromatic heterocycles. The van der Waals surface area contributed by atoms with Crippen molar-refractivity contribution in [3.05, 3.63) is 6.92 Å². The number of rotatable bonds is 0. The Morgan fingerprint density at radius 1 is 1.10 bits per heavy atom. The van der Waals surface area contributed by atoms with E-state index in [1.54, 1.807) is 0 Å². The summed E-state index contributed by atoms with van der Waals surface area (Å²) in [5.74, 6) is 0. The summed E-state index contributed by atoms with van der Waals surface area (Å²) in [7, 11) is 0. The van der Waals surface area contributed by atoms with Crippen LogP contribution >= 0.6 is 0 Å². The van der Waals surface area contributed by atoms with Gasteiger partial charge in [0.1, 0.15) is 0 Å². The van der Waals surface area contributed by atoms with Crippen LogP contribution in [0.1, 0.15) is 25.7 Å². The molecule has 0 radical (unpaired) electrons. The second kappa shape index (κ2) is 3.35. The molecule has 2 rings (SSSR count). The van der Waals surface area contributed by atoms with Gasteiger partial charge >= 0.3 is 0 Å². The molecule has 0 bridgehead atoms. The first-order valence-corrected chi connectivity index (χ1v) is 3.92. The van der Waals surface area contributed by atoms with Crippen molar-refractivity contribution in [1.29, 1.82) is 0 Å². The Morgan fingerprint density at radius 2 is 1.60 bits per heavy atom. The van der Waals surface area contributed by atoms with Gasteiger partial charge in [-0.05, 0) is 25.9 Å². The van der Waals surface area contributed by atoms with Crippen molar-refractivity contribution in [3.63, 3.8) is 0 Å². The molecule has 2 fully saturated rings. The summed E-state index contributed by atoms with van der Waals surface area (Å²) in [6.07, 6.45) is 5.44. The van der Waals surface area contributed by atoms with Gasteiger partial charge < -0.3 is 11.8 Å². The standard InChI is InChI=1S/C8H14N.Sm/c1-8-4-2-6-9(8)7-3-5-8;/h1-7H2;/q-1;. The molecule has 2 aliphatic heterocycles. The van der Waals surface area contributed by atoms with E-state index in [1.807, 2.05) is 0 Å². The van der Waals surface area contributed by atoms with E-state index in [1.165, 1.54) is 38.8 Å². The summed E-state index contributed by atoms with van der Waals surface area (Å²) in [5, 5.41) is 0. The van der Waals surface area contributed by atoms with Gasteiger partial charge in [-0.3, -0.25) is 0 Å². The second-order valence-electron chi connectivity index (χ2n) is 3.42. The summed E-state index contributed by atoms with van der Waals surface area (Å²) >= 11 is 0. The Bertz CT molecular complexity index is 114. The molecule has 1 nitrogen and oxygen atoms in total. The third-order valence-electron chi connectivity index (χ3n) is 2.81. The minimum Gasteiger partial charge on any atom is -0.327 e. The van der Waals surface area contributed by atoms with E-state index in [2.05, 4.69) is 11.8 Å². The first kappa shape index (κ1) is 9.39. The average Bonchev–Trinajstić information content (AvgIpc) is 2.22. The van der Waals surface area contributed by atoms with E-state index in [9.17, 15) is 0 Å². The van der Waals surface area contributed by atoms with E-state index in [0.29, 0.717) is 5.54 Å². The van der Waals surface area contributed by atoms with Gasteiger partial charge in [0.05, 0.1) is 0 Å². The zero-order chi connectivity index (χ0) is 6.32. The SMILES string of the molecule is [CH2-]C12CCCN1CCC2.[Sm]. The molecule has 0 aromatic carbocycles. The van der Waals surface area contributed by atoms with E-state index in [-0.39, 0.29) is 40.4 Å². The maximum absolute atomic E-state index is 4.26. The zero-order valence-corrected chi connectivity index (χ0v) is 8.92. The minimum atomic E-state index is 0. The van der Waals surface area contributed by atoms with Crippen LogP contribution in [0.4, 0.5) is 0 Å². The number of hydrogen-bond donors (Lipinski definition) is 0. The molecule has 2 saturated heterocycles. The fourth-order valence-electron chi connectivity index (χ4n) is 2.23. The van der Waals surface area contributed by atoms with E-state index >= 15 is 0 Å². The molecule has 0 unspecified atom stereocenters. The van der Waals surface area contributed by atoms with Crippen LogP contribution in [-0.4, -0.2) is 23.5 Å². The van der Waals surface area contributed by atoms with E-state index in [0.717, 1.165) is 0 Å². The van der Waals surface area contributed by atoms with Crippen LogP contribution in [0.25, 0.3) is 0 Å². The summed E-state index contributed by atoms with van der Waals surface area (Å²) in [4.78, 5) is 2.55. The summed E-state index contributed by atoms with van der Waals surface area (Å²) in [6.45, 7) is 6.88. The van der Waals surface area contributed by atoms with Gasteiger partial charge in [-0.1, -0.05) is 12.8 Å². The molecule has 0 spiro atoms. The third-order valence-corrected chi connectivity index (χ3v) is 2.81. The van der Waals surface area contributed by atoms with Gasteiger partial charge in [0, 0.05) is 40.4 Å². The molecule has 58 valence electrons. The van der Waals surface area contributed by atoms with Crippen molar-refractivity contribution in [2.45, 2.75) is 31.2 Å². The Kier molecular flexibility index (Phi) is 3.15. The maximum Gasteiger partial charge on any atom is 0 e. The van der Waals surface area contributed by atoms with Gasteiger partial charge in [-0.25, -0.2) is 0 Å². The van der Waals surface area contributed by atoms with Gasteiger partial charge in [0.2, 0.25) is 0 Å². The number of fused-ring (bicyclic) bond motifs is 1. The summed E-state index contributed by atoms with van der Waals surface area (Å²) in [5.41, 5.74) is 0.389. The van der Waals surface area contributed by atoms with Crippen LogP contribution < -0.4 is 0 Å². The van der Waals surface area contributed by atoms with Crippen LogP contribution in [-0.2, 0) is 0 Å². The number of nitrogens with zero attached hydrogens (tertiary/aromatic N) is 1. The average molecular weight is 275 g/mol. The molecule has 10 heavy (non-hydrogen) atoms. The first-order chi connectivity index (χ1) is 4.31. The van der Waals surface area contributed by atoms with Crippen molar-refractivity contribution in [1.82, 2.24) is 4.90 Å². The molecule has 0 saturated carbocycles. The molecule has 2 heterocycles. The molecule has 0 aliphatic carbocycles. The fraction of sp³-hybridized carbons (Fsp3) is 0.875. The van der Waals surface area contributed by atoms with Gasteiger partial charge in [0.25, 0.3) is 0 Å². The van der Waals surface area contributed by atoms with Crippen molar-refractivity contribution >= 4 is 0 Å². The number of hydrogen-bond acceptors (Lipinski definition) is 1. The molecule has 0 N–H and O–H groups in total. The summed E-state index contributed by atoms with van der Waals surface area (Å²) < 4.78 is 0. The van der Waals surface area contributed by atoms with Crippen LogP contribution in [0.2, 0.25) is 0 Å². The molecule has 0 amide bonds. The molecule has 0 atom stereocenters. The third kappa shape index (κ3) is 1.41. The molecule has 2 heteroatoms. The van der Waals surface area contributed by atoms with Gasteiger partial charge in [0.15, 0.2) is 0 Å². The summed E-state index contributed by atoms with van der Waals surface area (Å²) in [6, 6.07) is 0. The Hall–Kier alpha value is 1.30.